The first-order valence-corrected chi connectivity index (χ1v) is 6.74. The molecule has 1 aliphatic carbocycles. The van der Waals surface area contributed by atoms with Crippen molar-refractivity contribution in [1.82, 2.24) is 0 Å². The van der Waals surface area contributed by atoms with Gasteiger partial charge in [-0.2, -0.15) is 11.8 Å². The molecule has 0 spiro atoms. The highest BCUT2D eigenvalue weighted by Crippen LogP contribution is 2.37. The van der Waals surface area contributed by atoms with Crippen LogP contribution in [0.1, 0.15) is 51.4 Å². The fourth-order valence-electron chi connectivity index (χ4n) is 2.72. The van der Waals surface area contributed by atoms with E-state index in [1.807, 2.05) is 0 Å². The third-order valence-corrected chi connectivity index (χ3v) is 4.91. The zero-order valence-corrected chi connectivity index (χ0v) is 9.24. The summed E-state index contributed by atoms with van der Waals surface area (Å²) in [6, 6.07) is 0. The van der Waals surface area contributed by atoms with Crippen LogP contribution in [0.2, 0.25) is 0 Å². The molecule has 1 heterocycles. The summed E-state index contributed by atoms with van der Waals surface area (Å²) in [5.74, 6) is 1.38. The third-order valence-electron chi connectivity index (χ3n) is 3.51. The molecule has 0 aromatic heterocycles. The molecule has 13 heavy (non-hydrogen) atoms. The summed E-state index contributed by atoms with van der Waals surface area (Å²) in [6.07, 6.45) is 10.8. The average molecular weight is 199 g/mol. The summed E-state index contributed by atoms with van der Waals surface area (Å²) in [7, 11) is 0. The Labute approximate surface area is 85.8 Å². The molecule has 2 aliphatic rings. The maximum atomic E-state index is 6.43. The summed E-state index contributed by atoms with van der Waals surface area (Å²) in [6.45, 7) is 0. The highest BCUT2D eigenvalue weighted by atomic mass is 32.2. The van der Waals surface area contributed by atoms with Gasteiger partial charge in [-0.25, -0.2) is 0 Å². The summed E-state index contributed by atoms with van der Waals surface area (Å²) in [5, 5.41) is 0.892. The summed E-state index contributed by atoms with van der Waals surface area (Å²) in [5.41, 5.74) is 6.65. The van der Waals surface area contributed by atoms with Gasteiger partial charge in [0.1, 0.15) is 0 Å². The minimum absolute atomic E-state index is 0.222. The Balaban J connectivity index is 1.83. The van der Waals surface area contributed by atoms with Crippen LogP contribution in [0, 0.1) is 0 Å². The fourth-order valence-corrected chi connectivity index (χ4v) is 4.17. The van der Waals surface area contributed by atoms with E-state index in [1.54, 1.807) is 0 Å². The van der Waals surface area contributed by atoms with E-state index in [9.17, 15) is 0 Å². The Hall–Kier alpha value is 0.310. The van der Waals surface area contributed by atoms with E-state index in [0.717, 1.165) is 5.25 Å². The molecule has 0 aromatic rings. The van der Waals surface area contributed by atoms with E-state index >= 15 is 0 Å². The van der Waals surface area contributed by atoms with Gasteiger partial charge in [0.15, 0.2) is 0 Å². The monoisotopic (exact) mass is 199 g/mol. The first kappa shape index (κ1) is 9.85. The molecule has 2 fully saturated rings. The third kappa shape index (κ3) is 2.63. The van der Waals surface area contributed by atoms with E-state index in [4.69, 9.17) is 5.73 Å². The largest absolute Gasteiger partial charge is 0.325 e. The van der Waals surface area contributed by atoms with Gasteiger partial charge >= 0.3 is 0 Å². The normalized spacial score (nSPS) is 33.5. The van der Waals surface area contributed by atoms with Crippen molar-refractivity contribution in [1.29, 1.82) is 0 Å². The van der Waals surface area contributed by atoms with Crippen LogP contribution in [-0.2, 0) is 0 Å². The zero-order chi connectivity index (χ0) is 9.15. The first-order valence-electron chi connectivity index (χ1n) is 5.69. The quantitative estimate of drug-likeness (QED) is 0.740. The van der Waals surface area contributed by atoms with E-state index in [2.05, 4.69) is 11.8 Å². The van der Waals surface area contributed by atoms with Crippen molar-refractivity contribution < 1.29 is 0 Å². The van der Waals surface area contributed by atoms with Crippen LogP contribution < -0.4 is 5.73 Å². The van der Waals surface area contributed by atoms with Crippen molar-refractivity contribution in [3.63, 3.8) is 0 Å². The molecule has 1 nitrogen and oxygen atoms in total. The predicted molar refractivity (Wildman–Crippen MR) is 60.1 cm³/mol. The van der Waals surface area contributed by atoms with Crippen LogP contribution in [0.3, 0.4) is 0 Å². The van der Waals surface area contributed by atoms with Crippen molar-refractivity contribution in [3.05, 3.63) is 0 Å². The molecular weight excluding hydrogens is 178 g/mol. The molecule has 1 unspecified atom stereocenters. The Morgan fingerprint density at radius 3 is 2.54 bits per heavy atom. The van der Waals surface area contributed by atoms with Gasteiger partial charge in [-0.05, 0) is 37.9 Å². The lowest BCUT2D eigenvalue weighted by Gasteiger charge is -2.35. The number of nitrogens with two attached hydrogens (primary N) is 1. The number of thioether (sulfide) groups is 1. The van der Waals surface area contributed by atoms with Crippen molar-refractivity contribution in [2.45, 2.75) is 62.2 Å². The molecule has 0 amide bonds. The van der Waals surface area contributed by atoms with Crippen molar-refractivity contribution in [2.75, 3.05) is 5.75 Å². The lowest BCUT2D eigenvalue weighted by molar-refractivity contribution is 0.275. The van der Waals surface area contributed by atoms with Crippen LogP contribution >= 0.6 is 11.8 Å². The zero-order valence-electron chi connectivity index (χ0n) is 8.43. The molecule has 1 atom stereocenters. The van der Waals surface area contributed by atoms with Gasteiger partial charge in [0.25, 0.3) is 0 Å². The highest BCUT2D eigenvalue weighted by Gasteiger charge is 2.31. The van der Waals surface area contributed by atoms with Crippen LogP contribution in [0.5, 0.6) is 0 Å². The Morgan fingerprint density at radius 2 is 1.92 bits per heavy atom. The van der Waals surface area contributed by atoms with Crippen LogP contribution in [0.15, 0.2) is 0 Å². The average Bonchev–Trinajstić information content (AvgIpc) is 2.57. The molecule has 1 saturated carbocycles. The van der Waals surface area contributed by atoms with E-state index < -0.39 is 0 Å². The van der Waals surface area contributed by atoms with Gasteiger partial charge in [0, 0.05) is 10.8 Å². The van der Waals surface area contributed by atoms with E-state index in [-0.39, 0.29) is 5.54 Å². The second kappa shape index (κ2) is 4.22. The van der Waals surface area contributed by atoms with Crippen LogP contribution in [-0.4, -0.2) is 16.5 Å². The maximum absolute atomic E-state index is 6.43. The van der Waals surface area contributed by atoms with Crippen molar-refractivity contribution in [2.24, 2.45) is 5.73 Å². The van der Waals surface area contributed by atoms with Crippen LogP contribution in [0.25, 0.3) is 0 Å². The van der Waals surface area contributed by atoms with Crippen molar-refractivity contribution >= 4 is 11.8 Å². The molecule has 1 saturated heterocycles. The highest BCUT2D eigenvalue weighted by molar-refractivity contribution is 8.00. The summed E-state index contributed by atoms with van der Waals surface area (Å²) in [4.78, 5) is 0. The molecule has 1 aliphatic heterocycles. The second-order valence-electron chi connectivity index (χ2n) is 4.76. The molecular formula is C11H21NS. The first-order chi connectivity index (χ1) is 6.29. The van der Waals surface area contributed by atoms with Gasteiger partial charge in [-0.3, -0.25) is 0 Å². The summed E-state index contributed by atoms with van der Waals surface area (Å²) >= 11 is 2.15. The van der Waals surface area contributed by atoms with Gasteiger partial charge in [0.2, 0.25) is 0 Å². The molecule has 0 radical (unpaired) electrons. The molecule has 0 bridgehead atoms. The van der Waals surface area contributed by atoms with Gasteiger partial charge < -0.3 is 5.73 Å². The Kier molecular flexibility index (Phi) is 3.20. The van der Waals surface area contributed by atoms with Gasteiger partial charge in [-0.1, -0.05) is 19.3 Å². The standard InChI is InChI=1S/C11H21NS/c12-11(6-2-1-3-7-11)9-10-5-4-8-13-10/h10H,1-9,12H2. The number of rotatable bonds is 2. The molecule has 2 N–H and O–H groups in total. The van der Waals surface area contributed by atoms with E-state index in [0.29, 0.717) is 0 Å². The Bertz CT molecular complexity index is 157. The molecule has 2 rings (SSSR count). The lowest BCUT2D eigenvalue weighted by Crippen LogP contribution is -2.43. The second-order valence-corrected chi connectivity index (χ2v) is 6.17. The SMILES string of the molecule is NC1(CC2CCCS2)CCCCC1. The number of hydrogen-bond donors (Lipinski definition) is 1. The van der Waals surface area contributed by atoms with E-state index in [1.165, 1.54) is 57.1 Å². The topological polar surface area (TPSA) is 26.0 Å². The molecule has 76 valence electrons. The van der Waals surface area contributed by atoms with Gasteiger partial charge in [-0.15, -0.1) is 0 Å². The minimum Gasteiger partial charge on any atom is -0.325 e. The van der Waals surface area contributed by atoms with Gasteiger partial charge in [0.05, 0.1) is 0 Å². The minimum atomic E-state index is 0.222. The van der Waals surface area contributed by atoms with Crippen molar-refractivity contribution in [3.8, 4) is 0 Å². The summed E-state index contributed by atoms with van der Waals surface area (Å²) < 4.78 is 0. The fraction of sp³-hybridized carbons (Fsp3) is 1.00. The molecule has 0 aromatic carbocycles. The smallest absolute Gasteiger partial charge is 0.0164 e. The number of hydrogen-bond acceptors (Lipinski definition) is 2. The lowest BCUT2D eigenvalue weighted by atomic mass is 9.79. The molecule has 2 heteroatoms. The Morgan fingerprint density at radius 1 is 1.15 bits per heavy atom. The predicted octanol–water partition coefficient (Wildman–Crippen LogP) is 2.93. The maximum Gasteiger partial charge on any atom is 0.0164 e. The van der Waals surface area contributed by atoms with Crippen LogP contribution in [0.4, 0.5) is 0 Å².